The van der Waals surface area contributed by atoms with Crippen LogP contribution in [-0.2, 0) is 4.79 Å². The summed E-state index contributed by atoms with van der Waals surface area (Å²) in [5.74, 6) is 0.200. The van der Waals surface area contributed by atoms with Gasteiger partial charge in [-0.3, -0.25) is 9.69 Å². The van der Waals surface area contributed by atoms with Crippen LogP contribution in [0.4, 0.5) is 29.3 Å². The molecule has 1 fully saturated rings. The van der Waals surface area contributed by atoms with Gasteiger partial charge in [0.05, 0.1) is 17.1 Å². The molecule has 1 aliphatic heterocycles. The Labute approximate surface area is 249 Å². The molecule has 0 atom stereocenters. The fourth-order valence-corrected chi connectivity index (χ4v) is 5.36. The summed E-state index contributed by atoms with van der Waals surface area (Å²) in [6.07, 6.45) is -3.29. The second kappa shape index (κ2) is 11.9. The van der Waals surface area contributed by atoms with E-state index in [-0.39, 0.29) is 23.3 Å². The zero-order chi connectivity index (χ0) is 30.9. The third-order valence-corrected chi connectivity index (χ3v) is 7.49. The number of anilines is 2. The van der Waals surface area contributed by atoms with Crippen LogP contribution in [0.15, 0.2) is 72.0 Å². The van der Waals surface area contributed by atoms with Crippen LogP contribution in [0, 0.1) is 13.8 Å². The summed E-state index contributed by atoms with van der Waals surface area (Å²) in [4.78, 5) is 35.8. The number of thioether (sulfide) groups is 1. The van der Waals surface area contributed by atoms with Gasteiger partial charge in [-0.25, -0.2) is 14.5 Å². The summed E-state index contributed by atoms with van der Waals surface area (Å²) in [5.41, 5.74) is 5.14. The lowest BCUT2D eigenvalue weighted by molar-refractivity contribution is -0.274. The minimum atomic E-state index is -4.77. The monoisotopic (exact) mass is 608 g/mol. The Balaban J connectivity index is 1.31. The Kier molecular flexibility index (Phi) is 8.27. The van der Waals surface area contributed by atoms with E-state index in [1.807, 2.05) is 45.9 Å². The standard InChI is InChI=1S/C30H27F3N6O3S/c1-17(2)23-11-5-18(3)13-25(23)39-26(40)15-43-29(39)36-28(41)35-24-12-8-21(14-19(24)4)38-16-34-27(37-38)20-6-9-22(10-7-20)42-30(31,32)33/h5-14,16-17H,15H2,1-4H3,(H,35,41). The van der Waals surface area contributed by atoms with E-state index in [1.165, 1.54) is 51.9 Å². The fraction of sp³-hybridized carbons (Fsp3) is 0.233. The van der Waals surface area contributed by atoms with Gasteiger partial charge in [0.2, 0.25) is 5.91 Å². The molecule has 2 heterocycles. The molecule has 1 saturated heterocycles. The first-order chi connectivity index (χ1) is 20.4. The predicted octanol–water partition coefficient (Wildman–Crippen LogP) is 7.24. The second-order valence-electron chi connectivity index (χ2n) is 10.1. The lowest BCUT2D eigenvalue weighted by atomic mass is 9.99. The Morgan fingerprint density at radius 3 is 2.49 bits per heavy atom. The van der Waals surface area contributed by atoms with Crippen molar-refractivity contribution in [1.29, 1.82) is 0 Å². The molecule has 222 valence electrons. The first-order valence-electron chi connectivity index (χ1n) is 13.2. The maximum Gasteiger partial charge on any atom is 0.573 e. The van der Waals surface area contributed by atoms with Gasteiger partial charge in [0.25, 0.3) is 0 Å². The number of aromatic nitrogens is 3. The molecule has 0 spiro atoms. The van der Waals surface area contributed by atoms with Gasteiger partial charge in [-0.15, -0.1) is 18.3 Å². The maximum atomic E-state index is 13.0. The molecule has 3 amide bonds. The highest BCUT2D eigenvalue weighted by Gasteiger charge is 2.33. The maximum absolute atomic E-state index is 13.0. The molecule has 0 radical (unpaired) electrons. The third-order valence-electron chi connectivity index (χ3n) is 6.57. The molecular weight excluding hydrogens is 581 g/mol. The molecule has 0 bridgehead atoms. The average molecular weight is 609 g/mol. The highest BCUT2D eigenvalue weighted by Crippen LogP contribution is 2.34. The highest BCUT2D eigenvalue weighted by atomic mass is 32.2. The number of aryl methyl sites for hydroxylation is 2. The SMILES string of the molecule is Cc1ccc(C(C)C)c(N2C(=O)CSC2=NC(=O)Nc2ccc(-n3cnc(-c4ccc(OC(F)(F)F)cc4)n3)cc2C)c1. The fourth-order valence-electron chi connectivity index (χ4n) is 4.50. The van der Waals surface area contributed by atoms with Crippen molar-refractivity contribution in [2.24, 2.45) is 4.99 Å². The molecule has 5 rings (SSSR count). The van der Waals surface area contributed by atoms with E-state index in [0.29, 0.717) is 27.9 Å². The smallest absolute Gasteiger partial charge is 0.406 e. The molecule has 0 aliphatic carbocycles. The summed E-state index contributed by atoms with van der Waals surface area (Å²) in [5, 5.41) is 7.52. The van der Waals surface area contributed by atoms with Crippen LogP contribution < -0.4 is 15.0 Å². The number of carbonyl (C=O) groups excluding carboxylic acids is 2. The number of urea groups is 1. The van der Waals surface area contributed by atoms with Crippen molar-refractivity contribution in [3.8, 4) is 22.8 Å². The van der Waals surface area contributed by atoms with Gasteiger partial charge in [0.15, 0.2) is 11.0 Å². The van der Waals surface area contributed by atoms with Crippen molar-refractivity contribution in [2.45, 2.75) is 40.0 Å². The number of ether oxygens (including phenoxy) is 1. The van der Waals surface area contributed by atoms with E-state index in [0.717, 1.165) is 22.4 Å². The molecule has 1 aliphatic rings. The van der Waals surface area contributed by atoms with E-state index in [1.54, 1.807) is 18.2 Å². The molecule has 4 aromatic rings. The van der Waals surface area contributed by atoms with Crippen LogP contribution >= 0.6 is 11.8 Å². The van der Waals surface area contributed by atoms with Crippen LogP contribution in [0.5, 0.6) is 5.75 Å². The number of hydrogen-bond acceptors (Lipinski definition) is 6. The quantitative estimate of drug-likeness (QED) is 0.248. The minimum Gasteiger partial charge on any atom is -0.406 e. The Bertz CT molecular complexity index is 1720. The second-order valence-corrected chi connectivity index (χ2v) is 11.1. The Morgan fingerprint density at radius 1 is 1.07 bits per heavy atom. The lowest BCUT2D eigenvalue weighted by Crippen LogP contribution is -2.31. The van der Waals surface area contributed by atoms with Crippen molar-refractivity contribution >= 4 is 40.2 Å². The largest absolute Gasteiger partial charge is 0.573 e. The number of amidine groups is 1. The first kappa shape index (κ1) is 29.8. The highest BCUT2D eigenvalue weighted by molar-refractivity contribution is 8.15. The van der Waals surface area contributed by atoms with E-state index in [9.17, 15) is 22.8 Å². The van der Waals surface area contributed by atoms with Gasteiger partial charge in [0, 0.05) is 11.3 Å². The molecule has 0 saturated carbocycles. The van der Waals surface area contributed by atoms with Crippen molar-refractivity contribution < 1.29 is 27.5 Å². The summed E-state index contributed by atoms with van der Waals surface area (Å²) in [6.45, 7) is 7.86. The predicted molar refractivity (Wildman–Crippen MR) is 160 cm³/mol. The van der Waals surface area contributed by atoms with Gasteiger partial charge in [-0.1, -0.05) is 37.7 Å². The first-order valence-corrected chi connectivity index (χ1v) is 14.2. The van der Waals surface area contributed by atoms with E-state index in [2.05, 4.69) is 25.1 Å². The number of aliphatic imine (C=N–C) groups is 1. The molecule has 0 unspecified atom stereocenters. The van der Waals surface area contributed by atoms with Gasteiger partial charge in [-0.2, -0.15) is 4.99 Å². The van der Waals surface area contributed by atoms with Gasteiger partial charge >= 0.3 is 12.4 Å². The molecule has 1 N–H and O–H groups in total. The van der Waals surface area contributed by atoms with Crippen LogP contribution in [0.1, 0.15) is 36.5 Å². The summed E-state index contributed by atoms with van der Waals surface area (Å²) >= 11 is 1.22. The number of nitrogens with zero attached hydrogens (tertiary/aromatic N) is 5. The van der Waals surface area contributed by atoms with Gasteiger partial charge in [0.1, 0.15) is 12.1 Å². The summed E-state index contributed by atoms with van der Waals surface area (Å²) < 4.78 is 42.7. The van der Waals surface area contributed by atoms with Crippen LogP contribution in [0.3, 0.4) is 0 Å². The molecule has 3 aromatic carbocycles. The van der Waals surface area contributed by atoms with Gasteiger partial charge < -0.3 is 10.1 Å². The Hall–Kier alpha value is -4.65. The third kappa shape index (κ3) is 6.88. The number of alkyl halides is 3. The Morgan fingerprint density at radius 2 is 1.81 bits per heavy atom. The topological polar surface area (TPSA) is 102 Å². The van der Waals surface area contributed by atoms with Crippen LogP contribution in [0.25, 0.3) is 17.1 Å². The average Bonchev–Trinajstić information content (AvgIpc) is 3.56. The van der Waals surface area contributed by atoms with E-state index < -0.39 is 12.4 Å². The normalized spacial score (nSPS) is 14.6. The van der Waals surface area contributed by atoms with Crippen molar-refractivity contribution in [3.05, 3.63) is 83.7 Å². The molecule has 43 heavy (non-hydrogen) atoms. The van der Waals surface area contributed by atoms with E-state index >= 15 is 0 Å². The number of carbonyl (C=O) groups is 2. The number of amides is 3. The number of nitrogens with one attached hydrogen (secondary N) is 1. The number of hydrogen-bond donors (Lipinski definition) is 1. The van der Waals surface area contributed by atoms with Crippen LogP contribution in [-0.4, -0.2) is 44.0 Å². The van der Waals surface area contributed by atoms with Crippen molar-refractivity contribution in [1.82, 2.24) is 14.8 Å². The van der Waals surface area contributed by atoms with Crippen molar-refractivity contribution in [2.75, 3.05) is 16.0 Å². The van der Waals surface area contributed by atoms with Crippen LogP contribution in [0.2, 0.25) is 0 Å². The number of halogens is 3. The minimum absolute atomic E-state index is 0.137. The summed E-state index contributed by atoms with van der Waals surface area (Å²) in [7, 11) is 0. The molecule has 1 aromatic heterocycles. The zero-order valence-electron chi connectivity index (χ0n) is 23.6. The zero-order valence-corrected chi connectivity index (χ0v) is 24.5. The molecule has 9 nitrogen and oxygen atoms in total. The summed E-state index contributed by atoms with van der Waals surface area (Å²) in [6, 6.07) is 15.8. The van der Waals surface area contributed by atoms with Gasteiger partial charge in [-0.05, 0) is 85.0 Å². The van der Waals surface area contributed by atoms with Crippen molar-refractivity contribution in [3.63, 3.8) is 0 Å². The number of benzene rings is 3. The van der Waals surface area contributed by atoms with E-state index in [4.69, 9.17) is 0 Å². The lowest BCUT2D eigenvalue weighted by Gasteiger charge is -2.22. The molecular formula is C30H27F3N6O3S. The number of rotatable bonds is 6. The molecule has 13 heteroatoms.